The molecule has 3 aromatic rings. The molecule has 0 spiro atoms. The predicted octanol–water partition coefficient (Wildman–Crippen LogP) is 2.85. The van der Waals surface area contributed by atoms with Gasteiger partial charge < -0.3 is 19.0 Å². The number of hydrogen-bond acceptors (Lipinski definition) is 4. The Kier molecular flexibility index (Phi) is 4.37. The van der Waals surface area contributed by atoms with E-state index in [1.165, 1.54) is 6.26 Å². The number of rotatable bonds is 5. The molecule has 24 heavy (non-hydrogen) atoms. The number of hydrogen-bond donors (Lipinski definition) is 1. The quantitative estimate of drug-likeness (QED) is 0.783. The minimum Gasteiger partial charge on any atom is -0.497 e. The van der Waals surface area contributed by atoms with Crippen molar-refractivity contribution >= 4 is 5.91 Å². The smallest absolute Gasteiger partial charge is 0.255 e. The molecule has 1 unspecified atom stereocenters. The fraction of sp³-hybridized carbons (Fsp3) is 0.222. The lowest BCUT2D eigenvalue weighted by molar-refractivity contribution is 0.0939. The fourth-order valence-corrected chi connectivity index (χ4v) is 2.58. The van der Waals surface area contributed by atoms with Gasteiger partial charge in [0.25, 0.3) is 5.91 Å². The topological polar surface area (TPSA) is 69.3 Å². The van der Waals surface area contributed by atoms with Crippen LogP contribution in [0.3, 0.4) is 0 Å². The summed E-state index contributed by atoms with van der Waals surface area (Å²) in [6.45, 7) is 1.76. The minimum absolute atomic E-state index is 0.204. The molecule has 1 aromatic carbocycles. The van der Waals surface area contributed by atoms with Crippen LogP contribution in [0.2, 0.25) is 0 Å². The minimum atomic E-state index is -0.377. The zero-order valence-corrected chi connectivity index (χ0v) is 13.8. The molecule has 6 nitrogen and oxygen atoms in total. The van der Waals surface area contributed by atoms with Gasteiger partial charge >= 0.3 is 0 Å². The molecule has 0 saturated carbocycles. The Morgan fingerprint density at radius 3 is 2.58 bits per heavy atom. The summed E-state index contributed by atoms with van der Waals surface area (Å²) in [4.78, 5) is 17.0. The maximum absolute atomic E-state index is 12.6. The van der Waals surface area contributed by atoms with Gasteiger partial charge in [-0.15, -0.1) is 0 Å². The molecule has 0 aliphatic carbocycles. The summed E-state index contributed by atoms with van der Waals surface area (Å²) in [7, 11) is 3.52. The Bertz CT molecular complexity index is 833. The lowest BCUT2D eigenvalue weighted by atomic mass is 10.1. The standard InChI is InChI=1S/C18H19N3O3/c1-12-15(8-11-24-12)18(22)20-16(17-19-9-10-21(17)2)13-4-6-14(23-3)7-5-13/h4-11,16H,1-3H3,(H,20,22). The van der Waals surface area contributed by atoms with Crippen molar-refractivity contribution in [1.82, 2.24) is 14.9 Å². The lowest BCUT2D eigenvalue weighted by Crippen LogP contribution is -2.31. The third-order valence-corrected chi connectivity index (χ3v) is 3.94. The first-order valence-corrected chi connectivity index (χ1v) is 7.56. The van der Waals surface area contributed by atoms with E-state index >= 15 is 0 Å². The second kappa shape index (κ2) is 6.62. The van der Waals surface area contributed by atoms with Crippen LogP contribution in [0, 0.1) is 6.92 Å². The highest BCUT2D eigenvalue weighted by Gasteiger charge is 2.23. The average molecular weight is 325 g/mol. The van der Waals surface area contributed by atoms with Crippen LogP contribution in [0.15, 0.2) is 53.4 Å². The van der Waals surface area contributed by atoms with Crippen molar-refractivity contribution in [3.63, 3.8) is 0 Å². The van der Waals surface area contributed by atoms with Gasteiger partial charge in [-0.1, -0.05) is 12.1 Å². The molecule has 0 saturated heterocycles. The molecule has 0 radical (unpaired) electrons. The number of benzene rings is 1. The summed E-state index contributed by atoms with van der Waals surface area (Å²) < 4.78 is 12.3. The van der Waals surface area contributed by atoms with Crippen molar-refractivity contribution in [2.45, 2.75) is 13.0 Å². The molecule has 0 fully saturated rings. The number of carbonyl (C=O) groups is 1. The first-order chi connectivity index (χ1) is 11.6. The van der Waals surface area contributed by atoms with E-state index in [9.17, 15) is 4.79 Å². The monoisotopic (exact) mass is 325 g/mol. The zero-order chi connectivity index (χ0) is 17.1. The zero-order valence-electron chi connectivity index (χ0n) is 13.8. The summed E-state index contributed by atoms with van der Waals surface area (Å²) in [6.07, 6.45) is 5.07. The van der Waals surface area contributed by atoms with Crippen LogP contribution in [0.5, 0.6) is 5.75 Å². The Balaban J connectivity index is 1.95. The Morgan fingerprint density at radius 1 is 1.29 bits per heavy atom. The Morgan fingerprint density at radius 2 is 2.04 bits per heavy atom. The molecule has 0 aliphatic rings. The Labute approximate surface area is 140 Å². The summed E-state index contributed by atoms with van der Waals surface area (Å²) in [5, 5.41) is 3.03. The van der Waals surface area contributed by atoms with Crippen LogP contribution in [-0.2, 0) is 7.05 Å². The highest BCUT2D eigenvalue weighted by atomic mass is 16.5. The van der Waals surface area contributed by atoms with Gasteiger partial charge in [-0.25, -0.2) is 4.98 Å². The van der Waals surface area contributed by atoms with Gasteiger partial charge in [0.05, 0.1) is 18.9 Å². The second-order valence-electron chi connectivity index (χ2n) is 5.47. The summed E-state index contributed by atoms with van der Waals surface area (Å²) in [6, 6.07) is 8.84. The van der Waals surface area contributed by atoms with Crippen molar-refractivity contribution in [3.8, 4) is 5.75 Å². The maximum atomic E-state index is 12.6. The fourth-order valence-electron chi connectivity index (χ4n) is 2.58. The first-order valence-electron chi connectivity index (χ1n) is 7.56. The van der Waals surface area contributed by atoms with E-state index in [1.54, 1.807) is 26.3 Å². The van der Waals surface area contributed by atoms with Crippen LogP contribution < -0.4 is 10.1 Å². The molecule has 0 bridgehead atoms. The SMILES string of the molecule is COc1ccc(C(NC(=O)c2ccoc2C)c2nccn2C)cc1. The van der Waals surface area contributed by atoms with Gasteiger partial charge in [-0.05, 0) is 30.7 Å². The average Bonchev–Trinajstić information content (AvgIpc) is 3.21. The summed E-state index contributed by atoms with van der Waals surface area (Å²) >= 11 is 0. The molecule has 1 N–H and O–H groups in total. The van der Waals surface area contributed by atoms with Crippen LogP contribution in [0.4, 0.5) is 0 Å². The van der Waals surface area contributed by atoms with Crippen LogP contribution >= 0.6 is 0 Å². The number of ether oxygens (including phenoxy) is 1. The van der Waals surface area contributed by atoms with Crippen molar-refractivity contribution in [3.05, 3.63) is 71.7 Å². The molecule has 2 aromatic heterocycles. The van der Waals surface area contributed by atoms with E-state index in [2.05, 4.69) is 10.3 Å². The van der Waals surface area contributed by atoms with E-state index in [-0.39, 0.29) is 11.9 Å². The normalized spacial score (nSPS) is 12.0. The summed E-state index contributed by atoms with van der Waals surface area (Å²) in [5.74, 6) is 1.88. The molecular weight excluding hydrogens is 306 g/mol. The number of amides is 1. The molecule has 1 amide bonds. The highest BCUT2D eigenvalue weighted by molar-refractivity contribution is 5.95. The number of furan rings is 1. The maximum Gasteiger partial charge on any atom is 0.255 e. The number of methoxy groups -OCH3 is 1. The highest BCUT2D eigenvalue weighted by Crippen LogP contribution is 2.24. The molecule has 2 heterocycles. The number of aryl methyl sites for hydroxylation is 2. The summed E-state index contributed by atoms with van der Waals surface area (Å²) in [5.41, 5.74) is 1.43. The molecule has 124 valence electrons. The number of carbonyl (C=O) groups excluding carboxylic acids is 1. The van der Waals surface area contributed by atoms with Crippen molar-refractivity contribution < 1.29 is 13.9 Å². The van der Waals surface area contributed by atoms with Gasteiger partial charge in [0.2, 0.25) is 0 Å². The van der Waals surface area contributed by atoms with Gasteiger partial charge in [-0.2, -0.15) is 0 Å². The second-order valence-corrected chi connectivity index (χ2v) is 5.47. The van der Waals surface area contributed by atoms with Crippen LogP contribution in [-0.4, -0.2) is 22.6 Å². The van der Waals surface area contributed by atoms with E-state index in [4.69, 9.17) is 9.15 Å². The number of nitrogens with zero attached hydrogens (tertiary/aromatic N) is 2. The largest absolute Gasteiger partial charge is 0.497 e. The predicted molar refractivity (Wildman–Crippen MR) is 89.0 cm³/mol. The number of nitrogens with one attached hydrogen (secondary N) is 1. The van der Waals surface area contributed by atoms with Gasteiger partial charge in [0.15, 0.2) is 0 Å². The Hall–Kier alpha value is -3.02. The van der Waals surface area contributed by atoms with E-state index in [0.29, 0.717) is 11.3 Å². The van der Waals surface area contributed by atoms with Crippen molar-refractivity contribution in [2.24, 2.45) is 7.05 Å². The number of aromatic nitrogens is 2. The van der Waals surface area contributed by atoms with Crippen LogP contribution in [0.25, 0.3) is 0 Å². The third kappa shape index (κ3) is 3.03. The molecular formula is C18H19N3O3. The van der Waals surface area contributed by atoms with Crippen molar-refractivity contribution in [1.29, 1.82) is 0 Å². The van der Waals surface area contributed by atoms with Gasteiger partial charge in [0.1, 0.15) is 23.4 Å². The van der Waals surface area contributed by atoms with Crippen LogP contribution in [0.1, 0.15) is 33.5 Å². The van der Waals surface area contributed by atoms with E-state index < -0.39 is 0 Å². The first kappa shape index (κ1) is 15.9. The molecule has 3 rings (SSSR count). The van der Waals surface area contributed by atoms with Gasteiger partial charge in [-0.3, -0.25) is 4.79 Å². The third-order valence-electron chi connectivity index (χ3n) is 3.94. The molecule has 1 atom stereocenters. The molecule has 6 heteroatoms. The van der Waals surface area contributed by atoms with E-state index in [0.717, 1.165) is 17.1 Å². The number of imidazole rings is 1. The lowest BCUT2D eigenvalue weighted by Gasteiger charge is -2.19. The van der Waals surface area contributed by atoms with Gasteiger partial charge in [0, 0.05) is 19.4 Å². The molecule has 0 aliphatic heterocycles. The van der Waals surface area contributed by atoms with Crippen molar-refractivity contribution in [2.75, 3.05) is 7.11 Å². The van der Waals surface area contributed by atoms with E-state index in [1.807, 2.05) is 42.1 Å².